The first-order chi connectivity index (χ1) is 7.26. The van der Waals surface area contributed by atoms with Crippen molar-refractivity contribution < 1.29 is 4.79 Å². The lowest BCUT2D eigenvalue weighted by Crippen LogP contribution is -2.38. The molecule has 0 aromatic rings. The summed E-state index contributed by atoms with van der Waals surface area (Å²) in [6.45, 7) is 2.87. The number of rotatable bonds is 3. The highest BCUT2D eigenvalue weighted by Crippen LogP contribution is 2.48. The van der Waals surface area contributed by atoms with Crippen LogP contribution in [0, 0.1) is 29.1 Å². The fourth-order valence-corrected chi connectivity index (χ4v) is 3.21. The van der Waals surface area contributed by atoms with E-state index in [1.54, 1.807) is 4.90 Å². The topological polar surface area (TPSA) is 44.1 Å². The van der Waals surface area contributed by atoms with Crippen molar-refractivity contribution in [3.05, 3.63) is 0 Å². The number of hydrogen-bond acceptors (Lipinski definition) is 2. The third kappa shape index (κ3) is 1.86. The quantitative estimate of drug-likeness (QED) is 0.661. The first-order valence-corrected chi connectivity index (χ1v) is 5.92. The zero-order valence-corrected chi connectivity index (χ0v) is 9.28. The van der Waals surface area contributed by atoms with Crippen LogP contribution < -0.4 is 0 Å². The normalized spacial score (nSPS) is 32.7. The van der Waals surface area contributed by atoms with Crippen LogP contribution in [0.25, 0.3) is 0 Å². The molecule has 2 bridgehead atoms. The Bertz CT molecular complexity index is 294. The molecule has 0 spiro atoms. The van der Waals surface area contributed by atoms with E-state index >= 15 is 0 Å². The summed E-state index contributed by atoms with van der Waals surface area (Å²) >= 11 is 0. The Morgan fingerprint density at radius 2 is 2.27 bits per heavy atom. The highest BCUT2D eigenvalue weighted by molar-refractivity contribution is 5.79. The van der Waals surface area contributed by atoms with Crippen molar-refractivity contribution in [2.45, 2.75) is 32.6 Å². The van der Waals surface area contributed by atoms with Gasteiger partial charge in [0.15, 0.2) is 0 Å². The molecule has 0 heterocycles. The summed E-state index contributed by atoms with van der Waals surface area (Å²) in [6.07, 6.45) is 4.87. The van der Waals surface area contributed by atoms with Gasteiger partial charge in [0.25, 0.3) is 0 Å². The van der Waals surface area contributed by atoms with Crippen molar-refractivity contribution >= 4 is 5.91 Å². The number of nitriles is 1. The predicted octanol–water partition coefficient (Wildman–Crippen LogP) is 1.79. The Balaban J connectivity index is 1.98. The molecule has 0 aromatic carbocycles. The molecule has 3 atom stereocenters. The molecule has 3 heteroatoms. The van der Waals surface area contributed by atoms with Gasteiger partial charge in [0, 0.05) is 12.5 Å². The summed E-state index contributed by atoms with van der Waals surface area (Å²) < 4.78 is 0. The maximum absolute atomic E-state index is 12.1. The molecule has 3 nitrogen and oxygen atoms in total. The van der Waals surface area contributed by atoms with Gasteiger partial charge in [-0.05, 0) is 38.0 Å². The highest BCUT2D eigenvalue weighted by atomic mass is 16.2. The molecule has 82 valence electrons. The Morgan fingerprint density at radius 3 is 2.73 bits per heavy atom. The van der Waals surface area contributed by atoms with Gasteiger partial charge in [0.05, 0.1) is 6.07 Å². The van der Waals surface area contributed by atoms with E-state index in [2.05, 4.69) is 6.07 Å². The van der Waals surface area contributed by atoms with E-state index in [0.717, 1.165) is 12.3 Å². The number of fused-ring (bicyclic) bond motifs is 2. The summed E-state index contributed by atoms with van der Waals surface area (Å²) in [4.78, 5) is 13.8. The van der Waals surface area contributed by atoms with Gasteiger partial charge in [-0.2, -0.15) is 5.26 Å². The van der Waals surface area contributed by atoms with Crippen molar-refractivity contribution in [2.24, 2.45) is 17.8 Å². The molecule has 0 aliphatic heterocycles. The Hall–Kier alpha value is -1.04. The van der Waals surface area contributed by atoms with E-state index in [4.69, 9.17) is 5.26 Å². The lowest BCUT2D eigenvalue weighted by atomic mass is 9.88. The molecule has 2 aliphatic carbocycles. The largest absolute Gasteiger partial charge is 0.329 e. The van der Waals surface area contributed by atoms with E-state index < -0.39 is 0 Å². The second-order valence-electron chi connectivity index (χ2n) is 4.79. The number of hydrogen-bond donors (Lipinski definition) is 0. The Labute approximate surface area is 91.1 Å². The van der Waals surface area contributed by atoms with E-state index in [0.29, 0.717) is 12.5 Å². The molecule has 0 aromatic heterocycles. The average Bonchev–Trinajstić information content (AvgIpc) is 2.86. The van der Waals surface area contributed by atoms with Crippen molar-refractivity contribution in [3.63, 3.8) is 0 Å². The van der Waals surface area contributed by atoms with Crippen molar-refractivity contribution in [1.82, 2.24) is 4.90 Å². The van der Waals surface area contributed by atoms with Crippen LogP contribution in [0.15, 0.2) is 0 Å². The van der Waals surface area contributed by atoms with Crippen LogP contribution in [0.2, 0.25) is 0 Å². The molecule has 2 aliphatic rings. The minimum Gasteiger partial charge on any atom is -0.329 e. The van der Waals surface area contributed by atoms with Gasteiger partial charge in [-0.25, -0.2) is 0 Å². The summed E-state index contributed by atoms with van der Waals surface area (Å²) in [5.74, 6) is 1.88. The minimum absolute atomic E-state index is 0.228. The lowest BCUT2D eigenvalue weighted by molar-refractivity contribution is -0.136. The van der Waals surface area contributed by atoms with E-state index in [1.165, 1.54) is 19.3 Å². The Morgan fingerprint density at radius 1 is 1.47 bits per heavy atom. The third-order valence-electron chi connectivity index (χ3n) is 4.01. The molecule has 15 heavy (non-hydrogen) atoms. The zero-order chi connectivity index (χ0) is 10.8. The molecular weight excluding hydrogens is 188 g/mol. The summed E-state index contributed by atoms with van der Waals surface area (Å²) in [6, 6.07) is 2.07. The third-order valence-corrected chi connectivity index (χ3v) is 4.01. The highest BCUT2D eigenvalue weighted by Gasteiger charge is 2.44. The van der Waals surface area contributed by atoms with E-state index in [9.17, 15) is 4.79 Å². The number of carbonyl (C=O) groups excluding carboxylic acids is 1. The van der Waals surface area contributed by atoms with Crippen LogP contribution in [0.3, 0.4) is 0 Å². The SMILES string of the molecule is CCN(CC#N)C(=O)C1CC2CCC1C2. The van der Waals surface area contributed by atoms with Crippen LogP contribution in [0.4, 0.5) is 0 Å². The molecule has 3 unspecified atom stereocenters. The number of carbonyl (C=O) groups is 1. The van der Waals surface area contributed by atoms with Crippen molar-refractivity contribution in [1.29, 1.82) is 5.26 Å². The second kappa shape index (κ2) is 4.22. The van der Waals surface area contributed by atoms with Gasteiger partial charge in [0.2, 0.25) is 5.91 Å². The van der Waals surface area contributed by atoms with E-state index in [1.807, 2.05) is 6.92 Å². The van der Waals surface area contributed by atoms with Crippen molar-refractivity contribution in [2.75, 3.05) is 13.1 Å². The minimum atomic E-state index is 0.228. The van der Waals surface area contributed by atoms with Crippen LogP contribution >= 0.6 is 0 Å². The molecule has 2 fully saturated rings. The second-order valence-corrected chi connectivity index (χ2v) is 4.79. The van der Waals surface area contributed by atoms with Crippen molar-refractivity contribution in [3.8, 4) is 6.07 Å². The van der Waals surface area contributed by atoms with E-state index in [-0.39, 0.29) is 18.4 Å². The van der Waals surface area contributed by atoms with Crippen LogP contribution in [-0.4, -0.2) is 23.9 Å². The van der Waals surface area contributed by atoms with Crippen LogP contribution in [0.5, 0.6) is 0 Å². The average molecular weight is 206 g/mol. The molecule has 2 saturated carbocycles. The predicted molar refractivity (Wildman–Crippen MR) is 56.8 cm³/mol. The monoisotopic (exact) mass is 206 g/mol. The fourth-order valence-electron chi connectivity index (χ4n) is 3.21. The molecule has 0 radical (unpaired) electrons. The summed E-state index contributed by atoms with van der Waals surface area (Å²) in [5, 5.41) is 8.65. The molecule has 1 amide bonds. The van der Waals surface area contributed by atoms with Gasteiger partial charge in [-0.15, -0.1) is 0 Å². The lowest BCUT2D eigenvalue weighted by Gasteiger charge is -2.26. The molecule has 0 N–H and O–H groups in total. The maximum Gasteiger partial charge on any atom is 0.226 e. The maximum atomic E-state index is 12.1. The molecular formula is C12H18N2O. The number of nitrogens with zero attached hydrogens (tertiary/aromatic N) is 2. The zero-order valence-electron chi connectivity index (χ0n) is 9.28. The molecule has 0 saturated heterocycles. The fraction of sp³-hybridized carbons (Fsp3) is 0.833. The van der Waals surface area contributed by atoms with Gasteiger partial charge >= 0.3 is 0 Å². The smallest absolute Gasteiger partial charge is 0.226 e. The number of amides is 1. The summed E-state index contributed by atoms with van der Waals surface area (Å²) in [7, 11) is 0. The first kappa shape index (κ1) is 10.5. The standard InChI is InChI=1S/C12H18N2O/c1-2-14(6-5-13)12(15)11-8-9-3-4-10(11)7-9/h9-11H,2-4,6-8H2,1H3. The van der Waals surface area contributed by atoms with Gasteiger partial charge in [-0.3, -0.25) is 4.79 Å². The Kier molecular flexibility index (Phi) is 2.95. The summed E-state index contributed by atoms with van der Waals surface area (Å²) in [5.41, 5.74) is 0. The molecule has 2 rings (SSSR count). The van der Waals surface area contributed by atoms with Crippen LogP contribution in [-0.2, 0) is 4.79 Å². The van der Waals surface area contributed by atoms with Gasteiger partial charge < -0.3 is 4.90 Å². The van der Waals surface area contributed by atoms with Gasteiger partial charge in [0.1, 0.15) is 6.54 Å². The first-order valence-electron chi connectivity index (χ1n) is 5.92. The van der Waals surface area contributed by atoms with Crippen LogP contribution in [0.1, 0.15) is 32.6 Å². The van der Waals surface area contributed by atoms with Gasteiger partial charge in [-0.1, -0.05) is 6.42 Å².